The fourth-order valence-corrected chi connectivity index (χ4v) is 7.98. The predicted octanol–water partition coefficient (Wildman–Crippen LogP) is 6.83. The standard InChI is InChI=1S/C31H34O4/c1-34-29(35-2)15-25-12-22-7-8-23(26-5-3-4-6-27(26)30(32)33)13-24(22)14-28(25)31-16-19-9-20(17-31)11-21(10-19)18-31/h3-8,12-14,19-21,29H,9-11,15-18H2,1-2H3,(H,32,33). The van der Waals surface area contributed by atoms with Crippen LogP contribution >= 0.6 is 0 Å². The van der Waals surface area contributed by atoms with E-state index in [4.69, 9.17) is 9.47 Å². The lowest BCUT2D eigenvalue weighted by atomic mass is 9.47. The molecule has 0 radical (unpaired) electrons. The summed E-state index contributed by atoms with van der Waals surface area (Å²) in [5.74, 6) is 1.69. The van der Waals surface area contributed by atoms with Crippen LogP contribution in [0.4, 0.5) is 0 Å². The van der Waals surface area contributed by atoms with E-state index in [1.54, 1.807) is 26.4 Å². The molecule has 4 heteroatoms. The lowest BCUT2D eigenvalue weighted by molar-refractivity contribution is -0.101. The molecular formula is C31H34O4. The summed E-state index contributed by atoms with van der Waals surface area (Å²) in [6.45, 7) is 0. The monoisotopic (exact) mass is 470 g/mol. The van der Waals surface area contributed by atoms with Crippen LogP contribution in [0.15, 0.2) is 54.6 Å². The van der Waals surface area contributed by atoms with Gasteiger partial charge in [-0.25, -0.2) is 4.79 Å². The molecule has 4 aliphatic rings. The maximum absolute atomic E-state index is 11.9. The Morgan fingerprint density at radius 1 is 0.914 bits per heavy atom. The molecule has 182 valence electrons. The highest BCUT2D eigenvalue weighted by Crippen LogP contribution is 2.61. The third-order valence-corrected chi connectivity index (χ3v) is 9.05. The van der Waals surface area contributed by atoms with Gasteiger partial charge in [-0.15, -0.1) is 0 Å². The Morgan fingerprint density at radius 3 is 2.20 bits per heavy atom. The summed E-state index contributed by atoms with van der Waals surface area (Å²) in [6.07, 6.45) is 8.60. The number of rotatable bonds is 7. The van der Waals surface area contributed by atoms with E-state index >= 15 is 0 Å². The summed E-state index contributed by atoms with van der Waals surface area (Å²) in [5, 5.41) is 12.1. The van der Waals surface area contributed by atoms with E-state index in [1.807, 2.05) is 18.2 Å². The van der Waals surface area contributed by atoms with Crippen molar-refractivity contribution in [2.75, 3.05) is 14.2 Å². The Morgan fingerprint density at radius 2 is 1.57 bits per heavy atom. The highest BCUT2D eigenvalue weighted by Gasteiger charge is 2.52. The fourth-order valence-electron chi connectivity index (χ4n) is 7.98. The molecule has 0 heterocycles. The molecule has 0 spiro atoms. The lowest BCUT2D eigenvalue weighted by Crippen LogP contribution is -2.49. The first kappa shape index (κ1) is 22.8. The average Bonchev–Trinajstić information content (AvgIpc) is 2.85. The second-order valence-electron chi connectivity index (χ2n) is 11.2. The molecule has 0 saturated heterocycles. The number of carboxylic acids is 1. The summed E-state index contributed by atoms with van der Waals surface area (Å²) in [5.41, 5.74) is 5.12. The van der Waals surface area contributed by atoms with Gasteiger partial charge in [0.15, 0.2) is 6.29 Å². The van der Waals surface area contributed by atoms with Gasteiger partial charge in [0, 0.05) is 20.6 Å². The Labute approximate surface area is 207 Å². The van der Waals surface area contributed by atoms with Crippen LogP contribution in [0, 0.1) is 17.8 Å². The summed E-state index contributed by atoms with van der Waals surface area (Å²) in [4.78, 5) is 11.9. The summed E-state index contributed by atoms with van der Waals surface area (Å²) in [6, 6.07) is 18.4. The summed E-state index contributed by atoms with van der Waals surface area (Å²) < 4.78 is 11.2. The topological polar surface area (TPSA) is 55.8 Å². The number of benzene rings is 3. The Balaban J connectivity index is 1.50. The minimum absolute atomic E-state index is 0.249. The predicted molar refractivity (Wildman–Crippen MR) is 138 cm³/mol. The highest BCUT2D eigenvalue weighted by molar-refractivity contribution is 5.98. The highest BCUT2D eigenvalue weighted by atomic mass is 16.7. The minimum atomic E-state index is -0.893. The van der Waals surface area contributed by atoms with Crippen molar-refractivity contribution < 1.29 is 19.4 Å². The lowest BCUT2D eigenvalue weighted by Gasteiger charge is -2.57. The van der Waals surface area contributed by atoms with Crippen LogP contribution in [0.2, 0.25) is 0 Å². The molecule has 0 amide bonds. The zero-order valence-electron chi connectivity index (χ0n) is 20.6. The molecular weight excluding hydrogens is 436 g/mol. The van der Waals surface area contributed by atoms with E-state index in [9.17, 15) is 9.90 Å². The van der Waals surface area contributed by atoms with Crippen LogP contribution < -0.4 is 0 Å². The Bertz CT molecular complexity index is 1240. The SMILES string of the molecule is COC(Cc1cc2ccc(-c3ccccc3C(=O)O)cc2cc1C12CC3CC(CC(C3)C1)C2)OC. The zero-order valence-corrected chi connectivity index (χ0v) is 20.6. The van der Waals surface area contributed by atoms with Gasteiger partial charge in [0.05, 0.1) is 5.56 Å². The van der Waals surface area contributed by atoms with Crippen LogP contribution in [0.25, 0.3) is 21.9 Å². The number of aromatic carboxylic acids is 1. The molecule has 0 unspecified atom stereocenters. The molecule has 4 bridgehead atoms. The van der Waals surface area contributed by atoms with Gasteiger partial charge < -0.3 is 14.6 Å². The molecule has 0 aliphatic heterocycles. The van der Waals surface area contributed by atoms with Gasteiger partial charge in [-0.2, -0.15) is 0 Å². The largest absolute Gasteiger partial charge is 0.478 e. The van der Waals surface area contributed by atoms with Crippen LogP contribution in [0.5, 0.6) is 0 Å². The van der Waals surface area contributed by atoms with Crippen LogP contribution in [0.1, 0.15) is 60.0 Å². The van der Waals surface area contributed by atoms with E-state index in [1.165, 1.54) is 60.4 Å². The van der Waals surface area contributed by atoms with E-state index < -0.39 is 5.97 Å². The number of carbonyl (C=O) groups is 1. The third kappa shape index (κ3) is 3.97. The third-order valence-electron chi connectivity index (χ3n) is 9.05. The van der Waals surface area contributed by atoms with Crippen molar-refractivity contribution in [3.63, 3.8) is 0 Å². The van der Waals surface area contributed by atoms with Crippen LogP contribution in [-0.4, -0.2) is 31.6 Å². The summed E-state index contributed by atoms with van der Waals surface area (Å²) in [7, 11) is 3.43. The Hall–Kier alpha value is -2.69. The van der Waals surface area contributed by atoms with Crippen molar-refractivity contribution in [1.82, 2.24) is 0 Å². The molecule has 4 nitrogen and oxygen atoms in total. The molecule has 3 aromatic carbocycles. The summed E-state index contributed by atoms with van der Waals surface area (Å²) >= 11 is 0. The van der Waals surface area contributed by atoms with Crippen molar-refractivity contribution in [2.45, 2.75) is 56.7 Å². The molecule has 1 N–H and O–H groups in total. The quantitative estimate of drug-likeness (QED) is 0.384. The van der Waals surface area contributed by atoms with E-state index in [-0.39, 0.29) is 11.7 Å². The van der Waals surface area contributed by atoms with E-state index in [0.717, 1.165) is 35.3 Å². The molecule has 0 atom stereocenters. The Kier molecular flexibility index (Phi) is 5.69. The van der Waals surface area contributed by atoms with E-state index in [2.05, 4.69) is 24.3 Å². The molecule has 4 fully saturated rings. The molecule has 3 aromatic rings. The number of hydrogen-bond donors (Lipinski definition) is 1. The van der Waals surface area contributed by atoms with Crippen molar-refractivity contribution in [1.29, 1.82) is 0 Å². The maximum atomic E-state index is 11.9. The van der Waals surface area contributed by atoms with Gasteiger partial charge in [0.25, 0.3) is 0 Å². The van der Waals surface area contributed by atoms with Crippen molar-refractivity contribution in [3.05, 3.63) is 71.3 Å². The van der Waals surface area contributed by atoms with Gasteiger partial charge in [-0.05, 0) is 107 Å². The fraction of sp³-hybridized carbons (Fsp3) is 0.452. The molecule has 35 heavy (non-hydrogen) atoms. The zero-order chi connectivity index (χ0) is 24.2. The van der Waals surface area contributed by atoms with E-state index in [0.29, 0.717) is 5.56 Å². The first-order chi connectivity index (χ1) is 17.0. The second-order valence-corrected chi connectivity index (χ2v) is 11.2. The van der Waals surface area contributed by atoms with Gasteiger partial charge in [-0.1, -0.05) is 42.5 Å². The first-order valence-corrected chi connectivity index (χ1v) is 12.9. The number of hydrogen-bond acceptors (Lipinski definition) is 3. The van der Waals surface area contributed by atoms with Gasteiger partial charge >= 0.3 is 5.97 Å². The normalized spacial score (nSPS) is 27.1. The molecule has 0 aromatic heterocycles. The van der Waals surface area contributed by atoms with Gasteiger partial charge in [0.1, 0.15) is 0 Å². The van der Waals surface area contributed by atoms with Crippen molar-refractivity contribution in [3.8, 4) is 11.1 Å². The number of carboxylic acid groups (broad SMARTS) is 1. The van der Waals surface area contributed by atoms with Gasteiger partial charge in [-0.3, -0.25) is 0 Å². The second kappa shape index (κ2) is 8.76. The smallest absolute Gasteiger partial charge is 0.336 e. The van der Waals surface area contributed by atoms with Gasteiger partial charge in [0.2, 0.25) is 0 Å². The van der Waals surface area contributed by atoms with Crippen molar-refractivity contribution >= 4 is 16.7 Å². The molecule has 7 rings (SSSR count). The van der Waals surface area contributed by atoms with Crippen LogP contribution in [-0.2, 0) is 21.3 Å². The number of fused-ring (bicyclic) bond motifs is 1. The number of methoxy groups -OCH3 is 2. The molecule has 4 saturated carbocycles. The minimum Gasteiger partial charge on any atom is -0.478 e. The first-order valence-electron chi connectivity index (χ1n) is 12.9. The van der Waals surface area contributed by atoms with Crippen LogP contribution in [0.3, 0.4) is 0 Å². The molecule has 4 aliphatic carbocycles. The average molecular weight is 471 g/mol. The number of ether oxygens (including phenoxy) is 2. The van der Waals surface area contributed by atoms with Crippen molar-refractivity contribution in [2.24, 2.45) is 17.8 Å². The maximum Gasteiger partial charge on any atom is 0.336 e.